The average Bonchev–Trinajstić information content (AvgIpc) is 2.69. The molecule has 0 spiro atoms. The molecule has 0 bridgehead atoms. The molecule has 1 aromatic carbocycles. The molecule has 7 heteroatoms. The maximum Gasteiger partial charge on any atom is 0.283 e. The van der Waals surface area contributed by atoms with E-state index in [1.54, 1.807) is 13.0 Å². The van der Waals surface area contributed by atoms with Gasteiger partial charge in [0.05, 0.1) is 20.6 Å². The van der Waals surface area contributed by atoms with E-state index in [-0.39, 0.29) is 9.92 Å². The zero-order chi connectivity index (χ0) is 12.6. The van der Waals surface area contributed by atoms with E-state index in [1.807, 2.05) is 0 Å². The number of rotatable bonds is 2. The van der Waals surface area contributed by atoms with Gasteiger partial charge in [-0.05, 0) is 31.2 Å². The maximum atomic E-state index is 12.1. The molecule has 0 radical (unpaired) electrons. The van der Waals surface area contributed by atoms with Crippen molar-refractivity contribution in [3.63, 3.8) is 0 Å². The first-order valence-corrected chi connectivity index (χ1v) is 6.84. The van der Waals surface area contributed by atoms with Crippen molar-refractivity contribution in [1.29, 1.82) is 0 Å². The molecule has 0 atom stereocenters. The van der Waals surface area contributed by atoms with Crippen molar-refractivity contribution >= 4 is 33.2 Å². The summed E-state index contributed by atoms with van der Waals surface area (Å²) >= 11 is 11.5. The van der Waals surface area contributed by atoms with Crippen LogP contribution in [0.15, 0.2) is 35.4 Å². The first kappa shape index (κ1) is 12.4. The third-order valence-corrected chi connectivity index (χ3v) is 4.42. The highest BCUT2D eigenvalue weighted by molar-refractivity contribution is 7.89. The molecule has 0 fully saturated rings. The molecule has 2 rings (SSSR count). The zero-order valence-electron chi connectivity index (χ0n) is 8.76. The summed E-state index contributed by atoms with van der Waals surface area (Å²) in [6.45, 7) is 1.71. The van der Waals surface area contributed by atoms with Crippen LogP contribution < -0.4 is 0 Å². The number of benzene rings is 1. The Morgan fingerprint density at radius 1 is 1.18 bits per heavy atom. The van der Waals surface area contributed by atoms with Crippen LogP contribution in [-0.4, -0.2) is 17.6 Å². The molecule has 0 aliphatic carbocycles. The van der Waals surface area contributed by atoms with Crippen LogP contribution in [0.1, 0.15) is 5.69 Å². The average molecular weight is 291 g/mol. The van der Waals surface area contributed by atoms with E-state index < -0.39 is 10.0 Å². The molecule has 0 aliphatic heterocycles. The smallest absolute Gasteiger partial charge is 0.199 e. The summed E-state index contributed by atoms with van der Waals surface area (Å²) in [6, 6.07) is 5.74. The Bertz CT molecular complexity index is 665. The molecule has 0 saturated carbocycles. The van der Waals surface area contributed by atoms with Crippen LogP contribution in [0.3, 0.4) is 0 Å². The van der Waals surface area contributed by atoms with E-state index in [1.165, 1.54) is 24.4 Å². The lowest BCUT2D eigenvalue weighted by Crippen LogP contribution is -2.13. The fourth-order valence-corrected chi connectivity index (χ4v) is 2.82. The van der Waals surface area contributed by atoms with E-state index in [4.69, 9.17) is 23.2 Å². The molecule has 2 aromatic rings. The first-order valence-electron chi connectivity index (χ1n) is 4.64. The van der Waals surface area contributed by atoms with Crippen LogP contribution in [0.2, 0.25) is 10.0 Å². The molecule has 4 nitrogen and oxygen atoms in total. The van der Waals surface area contributed by atoms with Crippen molar-refractivity contribution in [2.45, 2.75) is 11.8 Å². The summed E-state index contributed by atoms with van der Waals surface area (Å²) in [6.07, 6.45) is 1.38. The summed E-state index contributed by atoms with van der Waals surface area (Å²) in [4.78, 5) is 0.0509. The standard InChI is InChI=1S/C10H8Cl2N2O2S/c1-7-4-5-14(13-7)17(15,16)8-2-3-9(11)10(12)6-8/h2-6H,1H3. The van der Waals surface area contributed by atoms with Gasteiger partial charge in [-0.3, -0.25) is 0 Å². The Kier molecular flexibility index (Phi) is 3.16. The maximum absolute atomic E-state index is 12.1. The number of hydrogen-bond donors (Lipinski definition) is 0. The predicted molar refractivity (Wildman–Crippen MR) is 66.0 cm³/mol. The highest BCUT2D eigenvalue weighted by Crippen LogP contribution is 2.25. The minimum atomic E-state index is -3.69. The van der Waals surface area contributed by atoms with Gasteiger partial charge in [-0.15, -0.1) is 0 Å². The topological polar surface area (TPSA) is 52.0 Å². The number of aromatic nitrogens is 2. The second kappa shape index (κ2) is 4.33. The van der Waals surface area contributed by atoms with Gasteiger partial charge in [-0.1, -0.05) is 23.2 Å². The number of aryl methyl sites for hydroxylation is 1. The summed E-state index contributed by atoms with van der Waals surface area (Å²) in [7, 11) is -3.69. The van der Waals surface area contributed by atoms with Gasteiger partial charge >= 0.3 is 0 Å². The third-order valence-electron chi connectivity index (χ3n) is 2.13. The minimum absolute atomic E-state index is 0.0509. The monoisotopic (exact) mass is 290 g/mol. The van der Waals surface area contributed by atoms with Crippen LogP contribution in [-0.2, 0) is 10.0 Å². The highest BCUT2D eigenvalue weighted by Gasteiger charge is 2.18. The van der Waals surface area contributed by atoms with Crippen molar-refractivity contribution in [3.8, 4) is 0 Å². The Balaban J connectivity index is 2.56. The molecule has 0 aliphatic rings. The molecule has 0 unspecified atom stereocenters. The Hall–Kier alpha value is -1.04. The minimum Gasteiger partial charge on any atom is -0.199 e. The molecule has 90 valence electrons. The fraction of sp³-hybridized carbons (Fsp3) is 0.100. The first-order chi connectivity index (χ1) is 7.91. The summed E-state index contributed by atoms with van der Waals surface area (Å²) in [5.74, 6) is 0. The Morgan fingerprint density at radius 2 is 1.88 bits per heavy atom. The third kappa shape index (κ3) is 2.31. The van der Waals surface area contributed by atoms with Crippen LogP contribution in [0.4, 0.5) is 0 Å². The quantitative estimate of drug-likeness (QED) is 0.855. The van der Waals surface area contributed by atoms with Crippen LogP contribution in [0.25, 0.3) is 0 Å². The number of nitrogens with zero attached hydrogens (tertiary/aromatic N) is 2. The largest absolute Gasteiger partial charge is 0.283 e. The molecule has 0 N–H and O–H groups in total. The van der Waals surface area contributed by atoms with Crippen molar-refractivity contribution in [2.75, 3.05) is 0 Å². The summed E-state index contributed by atoms with van der Waals surface area (Å²) in [5, 5.41) is 4.36. The molecule has 1 heterocycles. The van der Waals surface area contributed by atoms with Gasteiger partial charge in [0.25, 0.3) is 10.0 Å². The van der Waals surface area contributed by atoms with E-state index in [0.717, 1.165) is 4.09 Å². The van der Waals surface area contributed by atoms with Gasteiger partial charge < -0.3 is 0 Å². The van der Waals surface area contributed by atoms with E-state index in [0.29, 0.717) is 10.7 Å². The molecule has 17 heavy (non-hydrogen) atoms. The van der Waals surface area contributed by atoms with Gasteiger partial charge in [0, 0.05) is 6.20 Å². The zero-order valence-corrected chi connectivity index (χ0v) is 11.1. The van der Waals surface area contributed by atoms with Crippen molar-refractivity contribution in [1.82, 2.24) is 9.19 Å². The van der Waals surface area contributed by atoms with Gasteiger partial charge in [-0.2, -0.15) is 17.6 Å². The number of hydrogen-bond acceptors (Lipinski definition) is 3. The van der Waals surface area contributed by atoms with Crippen molar-refractivity contribution in [2.24, 2.45) is 0 Å². The molecular weight excluding hydrogens is 283 g/mol. The highest BCUT2D eigenvalue weighted by atomic mass is 35.5. The second-order valence-corrected chi connectivity index (χ2v) is 6.02. The lowest BCUT2D eigenvalue weighted by atomic mass is 10.4. The van der Waals surface area contributed by atoms with E-state index in [2.05, 4.69) is 5.10 Å². The van der Waals surface area contributed by atoms with Crippen LogP contribution in [0, 0.1) is 6.92 Å². The van der Waals surface area contributed by atoms with Crippen LogP contribution >= 0.6 is 23.2 Å². The fourth-order valence-electron chi connectivity index (χ4n) is 1.27. The Morgan fingerprint density at radius 3 is 2.41 bits per heavy atom. The molecule has 1 aromatic heterocycles. The van der Waals surface area contributed by atoms with Gasteiger partial charge in [0.2, 0.25) is 0 Å². The normalized spacial score (nSPS) is 11.7. The molecule has 0 amide bonds. The summed E-state index contributed by atoms with van der Waals surface area (Å²) < 4.78 is 25.1. The van der Waals surface area contributed by atoms with Crippen molar-refractivity contribution < 1.29 is 8.42 Å². The summed E-state index contributed by atoms with van der Waals surface area (Å²) in [5.41, 5.74) is 0.619. The van der Waals surface area contributed by atoms with Gasteiger partial charge in [0.1, 0.15) is 0 Å². The van der Waals surface area contributed by atoms with Crippen LogP contribution in [0.5, 0.6) is 0 Å². The van der Waals surface area contributed by atoms with Gasteiger partial charge in [-0.25, -0.2) is 0 Å². The number of halogens is 2. The van der Waals surface area contributed by atoms with Gasteiger partial charge in [0.15, 0.2) is 0 Å². The van der Waals surface area contributed by atoms with E-state index in [9.17, 15) is 8.42 Å². The molecule has 0 saturated heterocycles. The lowest BCUT2D eigenvalue weighted by Gasteiger charge is -2.05. The second-order valence-electron chi connectivity index (χ2n) is 3.41. The van der Waals surface area contributed by atoms with E-state index >= 15 is 0 Å². The Labute approximate surface area is 109 Å². The van der Waals surface area contributed by atoms with Crippen molar-refractivity contribution in [3.05, 3.63) is 46.2 Å². The molecular formula is C10H8Cl2N2O2S. The predicted octanol–water partition coefficient (Wildman–Crippen LogP) is 2.74. The lowest BCUT2D eigenvalue weighted by molar-refractivity contribution is 0.579. The SMILES string of the molecule is Cc1ccn(S(=O)(=O)c2ccc(Cl)c(Cl)c2)n1.